The topological polar surface area (TPSA) is 42.3 Å². The molecule has 0 bridgehead atoms. The number of fused-ring (bicyclic) bond motifs is 3. The Morgan fingerprint density at radius 2 is 2.29 bits per heavy atom. The number of nitrogens with one attached hydrogen (secondary N) is 1. The van der Waals surface area contributed by atoms with Gasteiger partial charge in [0, 0.05) is 26.2 Å². The van der Waals surface area contributed by atoms with E-state index in [9.17, 15) is 0 Å². The fraction of sp³-hybridized carbons (Fsp3) is 0.467. The van der Waals surface area contributed by atoms with E-state index in [4.69, 9.17) is 21.9 Å². The van der Waals surface area contributed by atoms with Crippen LogP contribution in [0.2, 0.25) is 0 Å². The van der Waals surface area contributed by atoms with Crippen molar-refractivity contribution < 1.29 is 4.74 Å². The van der Waals surface area contributed by atoms with Crippen molar-refractivity contribution in [2.75, 3.05) is 24.6 Å². The van der Waals surface area contributed by atoms with E-state index in [0.29, 0.717) is 6.10 Å². The minimum absolute atomic E-state index is 0.296. The van der Waals surface area contributed by atoms with Crippen LogP contribution in [0.1, 0.15) is 12.8 Å². The van der Waals surface area contributed by atoms with Gasteiger partial charge in [0.15, 0.2) is 5.11 Å². The number of anilines is 1. The van der Waals surface area contributed by atoms with Crippen LogP contribution >= 0.6 is 12.2 Å². The van der Waals surface area contributed by atoms with E-state index < -0.39 is 0 Å². The van der Waals surface area contributed by atoms with Gasteiger partial charge in [-0.1, -0.05) is 12.1 Å². The third-order valence-electron chi connectivity index (χ3n) is 4.17. The van der Waals surface area contributed by atoms with Gasteiger partial charge in [-0.2, -0.15) is 0 Å². The van der Waals surface area contributed by atoms with Crippen LogP contribution in [-0.2, 0) is 11.3 Å². The SMILES string of the molecule is S=C(NC[C@H]1CCCO1)N1CCn2c1nc1ccccc12. The fourth-order valence-corrected chi connectivity index (χ4v) is 3.34. The number of benzene rings is 1. The number of thiocarbonyl (C=S) groups is 1. The highest BCUT2D eigenvalue weighted by Gasteiger charge is 2.26. The summed E-state index contributed by atoms with van der Waals surface area (Å²) in [7, 11) is 0. The van der Waals surface area contributed by atoms with Crippen LogP contribution in [0, 0.1) is 0 Å². The lowest BCUT2D eigenvalue weighted by Gasteiger charge is -2.20. The molecule has 1 N–H and O–H groups in total. The molecule has 0 saturated carbocycles. The molecule has 110 valence electrons. The highest BCUT2D eigenvalue weighted by Crippen LogP contribution is 2.27. The molecular formula is C15H18N4OS. The van der Waals surface area contributed by atoms with E-state index in [2.05, 4.69) is 20.9 Å². The Kier molecular flexibility index (Phi) is 3.27. The number of aromatic nitrogens is 2. The molecule has 21 heavy (non-hydrogen) atoms. The third kappa shape index (κ3) is 2.28. The van der Waals surface area contributed by atoms with Crippen LogP contribution in [0.5, 0.6) is 0 Å². The summed E-state index contributed by atoms with van der Waals surface area (Å²) in [5.74, 6) is 0.945. The molecule has 1 atom stereocenters. The molecule has 2 aliphatic heterocycles. The van der Waals surface area contributed by atoms with Gasteiger partial charge in [-0.3, -0.25) is 4.90 Å². The largest absolute Gasteiger partial charge is 0.376 e. The summed E-state index contributed by atoms with van der Waals surface area (Å²) in [4.78, 5) is 6.79. The van der Waals surface area contributed by atoms with Crippen molar-refractivity contribution >= 4 is 34.3 Å². The molecule has 0 aliphatic carbocycles. The third-order valence-corrected chi connectivity index (χ3v) is 4.54. The molecule has 1 aromatic heterocycles. The van der Waals surface area contributed by atoms with Crippen molar-refractivity contribution in [3.05, 3.63) is 24.3 Å². The van der Waals surface area contributed by atoms with E-state index in [1.807, 2.05) is 18.2 Å². The second-order valence-corrected chi connectivity index (χ2v) is 5.91. The Morgan fingerprint density at radius 1 is 1.38 bits per heavy atom. The van der Waals surface area contributed by atoms with Crippen LogP contribution in [0.15, 0.2) is 24.3 Å². The van der Waals surface area contributed by atoms with Gasteiger partial charge in [0.2, 0.25) is 5.95 Å². The summed E-state index contributed by atoms with van der Waals surface area (Å²) in [6.45, 7) is 3.47. The number of nitrogens with zero attached hydrogens (tertiary/aromatic N) is 3. The Balaban J connectivity index is 1.51. The number of ether oxygens (including phenoxy) is 1. The second kappa shape index (κ2) is 5.27. The fourth-order valence-electron chi connectivity index (χ4n) is 3.08. The molecule has 3 heterocycles. The molecule has 6 heteroatoms. The van der Waals surface area contributed by atoms with E-state index in [1.54, 1.807) is 0 Å². The Hall–Kier alpha value is -1.66. The van der Waals surface area contributed by atoms with Gasteiger partial charge >= 0.3 is 0 Å². The van der Waals surface area contributed by atoms with E-state index in [-0.39, 0.29) is 0 Å². The summed E-state index contributed by atoms with van der Waals surface area (Å²) in [5, 5.41) is 4.08. The smallest absolute Gasteiger partial charge is 0.213 e. The molecule has 1 aromatic carbocycles. The van der Waals surface area contributed by atoms with Crippen LogP contribution in [0.25, 0.3) is 11.0 Å². The number of imidazole rings is 1. The molecule has 4 rings (SSSR count). The predicted molar refractivity (Wildman–Crippen MR) is 86.7 cm³/mol. The molecular weight excluding hydrogens is 284 g/mol. The lowest BCUT2D eigenvalue weighted by molar-refractivity contribution is 0.114. The van der Waals surface area contributed by atoms with Gasteiger partial charge in [0.1, 0.15) is 0 Å². The van der Waals surface area contributed by atoms with Crippen molar-refractivity contribution in [3.63, 3.8) is 0 Å². The highest BCUT2D eigenvalue weighted by molar-refractivity contribution is 7.80. The van der Waals surface area contributed by atoms with E-state index >= 15 is 0 Å². The second-order valence-electron chi connectivity index (χ2n) is 5.52. The molecule has 0 spiro atoms. The maximum atomic E-state index is 5.62. The standard InChI is InChI=1S/C15H18N4OS/c21-15(16-10-11-4-3-9-20-11)19-8-7-18-13-6-2-1-5-12(13)17-14(18)19/h1-2,5-6,11H,3-4,7-10H2,(H,16,21)/t11-/m1/s1. The average molecular weight is 302 g/mol. The Bertz CT molecular complexity index is 677. The van der Waals surface area contributed by atoms with Crippen molar-refractivity contribution in [1.82, 2.24) is 14.9 Å². The Morgan fingerprint density at radius 3 is 3.14 bits per heavy atom. The van der Waals surface area contributed by atoms with Gasteiger partial charge in [-0.25, -0.2) is 4.98 Å². The maximum absolute atomic E-state index is 5.62. The van der Waals surface area contributed by atoms with Crippen molar-refractivity contribution in [3.8, 4) is 0 Å². The Labute approximate surface area is 128 Å². The molecule has 1 saturated heterocycles. The zero-order valence-electron chi connectivity index (χ0n) is 11.8. The normalized spacial score (nSPS) is 21.0. The van der Waals surface area contributed by atoms with Crippen molar-refractivity contribution in [1.29, 1.82) is 0 Å². The van der Waals surface area contributed by atoms with Gasteiger partial charge in [0.25, 0.3) is 0 Å². The molecule has 0 amide bonds. The summed E-state index contributed by atoms with van der Waals surface area (Å²) < 4.78 is 7.85. The quantitative estimate of drug-likeness (QED) is 0.858. The first kappa shape index (κ1) is 13.0. The number of rotatable bonds is 2. The summed E-state index contributed by atoms with van der Waals surface area (Å²) in [6.07, 6.45) is 2.57. The van der Waals surface area contributed by atoms with Crippen LogP contribution < -0.4 is 10.2 Å². The number of hydrogen-bond donors (Lipinski definition) is 1. The number of para-hydroxylation sites is 2. The molecule has 5 nitrogen and oxygen atoms in total. The van der Waals surface area contributed by atoms with E-state index in [1.165, 1.54) is 5.52 Å². The summed E-state index contributed by atoms with van der Waals surface area (Å²) in [6, 6.07) is 8.22. The van der Waals surface area contributed by atoms with E-state index in [0.717, 1.165) is 55.7 Å². The zero-order valence-corrected chi connectivity index (χ0v) is 12.6. The monoisotopic (exact) mass is 302 g/mol. The van der Waals surface area contributed by atoms with Crippen LogP contribution in [0.4, 0.5) is 5.95 Å². The first-order valence-electron chi connectivity index (χ1n) is 7.45. The molecule has 1 fully saturated rings. The minimum atomic E-state index is 0.296. The summed E-state index contributed by atoms with van der Waals surface area (Å²) >= 11 is 5.54. The molecule has 0 unspecified atom stereocenters. The first-order chi connectivity index (χ1) is 10.3. The highest BCUT2D eigenvalue weighted by atomic mass is 32.1. The van der Waals surface area contributed by atoms with Crippen molar-refractivity contribution in [2.45, 2.75) is 25.5 Å². The van der Waals surface area contributed by atoms with Crippen molar-refractivity contribution in [2.24, 2.45) is 0 Å². The van der Waals surface area contributed by atoms with Gasteiger partial charge in [-0.15, -0.1) is 0 Å². The first-order valence-corrected chi connectivity index (χ1v) is 7.86. The molecule has 2 aliphatic rings. The van der Waals surface area contributed by atoms with Gasteiger partial charge in [0.05, 0.1) is 17.1 Å². The lowest BCUT2D eigenvalue weighted by Crippen LogP contribution is -2.42. The minimum Gasteiger partial charge on any atom is -0.376 e. The number of hydrogen-bond acceptors (Lipinski definition) is 3. The predicted octanol–water partition coefficient (Wildman–Crippen LogP) is 1.91. The molecule has 2 aromatic rings. The lowest BCUT2D eigenvalue weighted by atomic mass is 10.2. The molecule has 0 radical (unpaired) electrons. The average Bonchev–Trinajstić information content (AvgIpc) is 3.20. The summed E-state index contributed by atoms with van der Waals surface area (Å²) in [5.41, 5.74) is 2.20. The van der Waals surface area contributed by atoms with Crippen LogP contribution in [0.3, 0.4) is 0 Å². The van der Waals surface area contributed by atoms with Crippen LogP contribution in [-0.4, -0.2) is 40.5 Å². The zero-order chi connectivity index (χ0) is 14.2. The van der Waals surface area contributed by atoms with Gasteiger partial charge < -0.3 is 14.6 Å². The van der Waals surface area contributed by atoms with Gasteiger partial charge in [-0.05, 0) is 37.2 Å². The maximum Gasteiger partial charge on any atom is 0.213 e.